The Morgan fingerprint density at radius 2 is 1.59 bits per heavy atom. The lowest BCUT2D eigenvalue weighted by atomic mass is 9.30. The molecule has 2 fully saturated rings. The van der Waals surface area contributed by atoms with Crippen LogP contribution in [-0.2, 0) is 9.47 Å². The fraction of sp³-hybridized carbons (Fsp3) is 0.536. The monoisotopic (exact) mass is 516 g/mol. The Morgan fingerprint density at radius 1 is 0.973 bits per heavy atom. The maximum Gasteiger partial charge on any atom is 0.338 e. The van der Waals surface area contributed by atoms with E-state index in [1.54, 1.807) is 24.3 Å². The van der Waals surface area contributed by atoms with Crippen LogP contribution in [0.15, 0.2) is 48.5 Å². The number of carbonyl (C=O) groups is 1. The molecule has 6 N–H and O–H groups in total. The first-order valence-corrected chi connectivity index (χ1v) is 12.6. The van der Waals surface area contributed by atoms with E-state index in [4.69, 9.17) is 9.47 Å². The summed E-state index contributed by atoms with van der Waals surface area (Å²) in [5, 5.41) is 66.1. The molecular formula is C28H36O9. The third-order valence-corrected chi connectivity index (χ3v) is 8.02. The van der Waals surface area contributed by atoms with Crippen LogP contribution >= 0.6 is 0 Å². The fourth-order valence-corrected chi connectivity index (χ4v) is 6.03. The highest BCUT2D eigenvalue weighted by Crippen LogP contribution is 2.75. The van der Waals surface area contributed by atoms with Crippen LogP contribution in [0.2, 0.25) is 0 Å². The van der Waals surface area contributed by atoms with E-state index in [0.717, 1.165) is 18.4 Å². The average molecular weight is 517 g/mol. The zero-order valence-electron chi connectivity index (χ0n) is 21.1. The molecule has 202 valence electrons. The van der Waals surface area contributed by atoms with Crippen LogP contribution in [0.1, 0.15) is 58.6 Å². The molecular weight excluding hydrogens is 480 g/mol. The molecule has 0 aliphatic heterocycles. The van der Waals surface area contributed by atoms with Crippen LogP contribution < -0.4 is 0 Å². The number of aryl methyl sites for hydroxylation is 1. The molecule has 7 atom stereocenters. The minimum Gasteiger partial charge on any atom is -0.460 e. The topological polar surface area (TPSA) is 157 Å². The number of hydrogen-bond acceptors (Lipinski definition) is 9. The summed E-state index contributed by atoms with van der Waals surface area (Å²) in [7, 11) is 0. The zero-order valence-corrected chi connectivity index (χ0v) is 21.1. The van der Waals surface area contributed by atoms with Gasteiger partial charge in [-0.15, -0.1) is 0 Å². The smallest absolute Gasteiger partial charge is 0.338 e. The normalized spacial score (nSPS) is 33.1. The summed E-state index contributed by atoms with van der Waals surface area (Å²) in [4.78, 5) is 12.3. The summed E-state index contributed by atoms with van der Waals surface area (Å²) in [5.41, 5.74) is -4.99. The first-order valence-electron chi connectivity index (χ1n) is 12.6. The Labute approximate surface area is 215 Å². The van der Waals surface area contributed by atoms with Crippen LogP contribution in [0.3, 0.4) is 0 Å². The number of aliphatic hydroxyl groups is 6. The van der Waals surface area contributed by atoms with Gasteiger partial charge in [-0.3, -0.25) is 0 Å². The standard InChI is InChI=1S/C28H36O9/c1-3-4-13-36-14-15-37-25(32)20-11-9-18(10-12-20)22-24(31)27(34)23(19-7-5-17(2)6-8-19)26(33,21(30)16-29)28(22,27)35/h5-12,21-24,29-31,33-35H,3-4,13-16H2,1-2H3/t21-,22?,23?,24?,26+,27+,28+/m1/s1. The number of aliphatic hydroxyl groups excluding tert-OH is 3. The number of esters is 1. The van der Waals surface area contributed by atoms with E-state index in [-0.39, 0.29) is 18.8 Å². The Hall–Kier alpha value is -2.37. The number of hydrogen-bond donors (Lipinski definition) is 6. The molecule has 2 aliphatic rings. The predicted octanol–water partition coefficient (Wildman–Crippen LogP) is 0.771. The minimum absolute atomic E-state index is 0.102. The van der Waals surface area contributed by atoms with Gasteiger partial charge in [-0.2, -0.15) is 0 Å². The molecule has 0 heterocycles. The van der Waals surface area contributed by atoms with E-state index in [1.807, 2.05) is 6.92 Å². The van der Waals surface area contributed by atoms with E-state index in [1.165, 1.54) is 24.3 Å². The fourth-order valence-electron chi connectivity index (χ4n) is 6.03. The summed E-state index contributed by atoms with van der Waals surface area (Å²) >= 11 is 0. The van der Waals surface area contributed by atoms with Gasteiger partial charge in [-0.25, -0.2) is 4.79 Å². The molecule has 0 radical (unpaired) electrons. The first-order chi connectivity index (χ1) is 17.6. The largest absolute Gasteiger partial charge is 0.460 e. The molecule has 37 heavy (non-hydrogen) atoms. The van der Waals surface area contributed by atoms with Crippen LogP contribution in [0.5, 0.6) is 0 Å². The van der Waals surface area contributed by atoms with Crippen molar-refractivity contribution in [1.29, 1.82) is 0 Å². The second kappa shape index (κ2) is 10.4. The number of carbonyl (C=O) groups excluding carboxylic acids is 1. The van der Waals surface area contributed by atoms with E-state index < -0.39 is 53.4 Å². The van der Waals surface area contributed by atoms with E-state index in [2.05, 4.69) is 6.92 Å². The van der Waals surface area contributed by atoms with Gasteiger partial charge < -0.3 is 40.1 Å². The average Bonchev–Trinajstić information content (AvgIpc) is 2.91. The molecule has 2 saturated carbocycles. The molecule has 0 aromatic heterocycles. The second-order valence-electron chi connectivity index (χ2n) is 10.1. The van der Waals surface area contributed by atoms with Crippen molar-refractivity contribution in [2.75, 3.05) is 26.4 Å². The van der Waals surface area contributed by atoms with Crippen molar-refractivity contribution in [2.45, 2.75) is 67.5 Å². The van der Waals surface area contributed by atoms with Gasteiger partial charge in [0.25, 0.3) is 0 Å². The van der Waals surface area contributed by atoms with E-state index in [9.17, 15) is 35.4 Å². The minimum atomic E-state index is -2.37. The Balaban J connectivity index is 1.54. The quantitative estimate of drug-likeness (QED) is 0.188. The number of unbranched alkanes of at least 4 members (excludes halogenated alkanes) is 1. The van der Waals surface area contributed by atoms with Crippen LogP contribution in [0.25, 0.3) is 0 Å². The van der Waals surface area contributed by atoms with Gasteiger partial charge >= 0.3 is 5.97 Å². The van der Waals surface area contributed by atoms with Crippen LogP contribution in [0, 0.1) is 6.92 Å². The lowest BCUT2D eigenvalue weighted by Gasteiger charge is -2.80. The molecule has 0 amide bonds. The molecule has 9 heteroatoms. The number of benzene rings is 2. The van der Waals surface area contributed by atoms with Gasteiger partial charge in [0, 0.05) is 12.5 Å². The SMILES string of the molecule is CCCCOCCOC(=O)c1ccc(C2C(O)[C@@]3(O)C(c4ccc(C)cc4)[C@@](O)([C@H](O)CO)[C@@]23O)cc1. The summed E-state index contributed by atoms with van der Waals surface area (Å²) in [5.74, 6) is -3.01. The maximum atomic E-state index is 12.3. The summed E-state index contributed by atoms with van der Waals surface area (Å²) in [6.07, 6.45) is -1.35. The van der Waals surface area contributed by atoms with E-state index in [0.29, 0.717) is 17.7 Å². The molecule has 2 aromatic carbocycles. The lowest BCUT2D eigenvalue weighted by Crippen LogP contribution is -2.99. The zero-order chi connectivity index (χ0) is 27.0. The molecule has 3 unspecified atom stereocenters. The number of rotatable bonds is 11. The summed E-state index contributed by atoms with van der Waals surface area (Å²) < 4.78 is 10.6. The van der Waals surface area contributed by atoms with Crippen molar-refractivity contribution < 1.29 is 44.9 Å². The number of ether oxygens (including phenoxy) is 2. The Morgan fingerprint density at radius 3 is 2.19 bits per heavy atom. The highest BCUT2D eigenvalue weighted by molar-refractivity contribution is 5.89. The van der Waals surface area contributed by atoms with Gasteiger partial charge in [0.2, 0.25) is 0 Å². The Bertz CT molecular complexity index is 1090. The molecule has 0 saturated heterocycles. The Kier molecular flexibility index (Phi) is 7.79. The van der Waals surface area contributed by atoms with Gasteiger partial charge in [0.1, 0.15) is 29.5 Å². The highest BCUT2D eigenvalue weighted by atomic mass is 16.6. The van der Waals surface area contributed by atoms with Crippen LogP contribution in [0.4, 0.5) is 0 Å². The molecule has 2 aliphatic carbocycles. The predicted molar refractivity (Wildman–Crippen MR) is 133 cm³/mol. The maximum absolute atomic E-state index is 12.3. The van der Waals surface area contributed by atoms with Crippen molar-refractivity contribution in [3.63, 3.8) is 0 Å². The van der Waals surface area contributed by atoms with Crippen molar-refractivity contribution in [3.8, 4) is 0 Å². The highest BCUT2D eigenvalue weighted by Gasteiger charge is 2.93. The van der Waals surface area contributed by atoms with Gasteiger partial charge in [0.05, 0.1) is 30.8 Å². The summed E-state index contributed by atoms with van der Waals surface area (Å²) in [6, 6.07) is 12.7. The number of fused-ring (bicyclic) bond motifs is 1. The molecule has 0 spiro atoms. The third kappa shape index (κ3) is 4.01. The van der Waals surface area contributed by atoms with Gasteiger partial charge in [-0.05, 0) is 36.6 Å². The van der Waals surface area contributed by atoms with E-state index >= 15 is 0 Å². The van der Waals surface area contributed by atoms with Crippen molar-refractivity contribution >= 4 is 5.97 Å². The van der Waals surface area contributed by atoms with Gasteiger partial charge in [-0.1, -0.05) is 55.3 Å². The first kappa shape index (κ1) is 27.7. The lowest BCUT2D eigenvalue weighted by molar-refractivity contribution is -0.459. The summed E-state index contributed by atoms with van der Waals surface area (Å²) in [6.45, 7) is 4.04. The molecule has 4 rings (SSSR count). The van der Waals surface area contributed by atoms with Crippen molar-refractivity contribution in [2.24, 2.45) is 0 Å². The third-order valence-electron chi connectivity index (χ3n) is 8.02. The molecule has 2 aromatic rings. The molecule has 0 bridgehead atoms. The molecule has 9 nitrogen and oxygen atoms in total. The van der Waals surface area contributed by atoms with Crippen LogP contribution in [-0.4, -0.2) is 92.0 Å². The van der Waals surface area contributed by atoms with Gasteiger partial charge in [0.15, 0.2) is 0 Å². The van der Waals surface area contributed by atoms with Crippen molar-refractivity contribution in [1.82, 2.24) is 0 Å². The second-order valence-corrected chi connectivity index (χ2v) is 10.1. The van der Waals surface area contributed by atoms with Crippen molar-refractivity contribution in [3.05, 3.63) is 70.8 Å².